The second-order valence-electron chi connectivity index (χ2n) is 23.3. The SMILES string of the molecule is [2H]C([2H])(C)c1cc[n+](C)c(-c2cc3oc4cc5ccccc5cc4c3cc2C)c1.[2H]C([2H])([2H])C([2H])(C)c1cc[n+](C)c(-c2cc3oc4cc5ccccc5cc4c3cc2C)c1.[2H]C1(c2cc[n+](C)c(-c3cc4oc5cc6ccccc6cc5c4cc3C)c2)CCCC1. The van der Waals surface area contributed by atoms with Crippen LogP contribution in [0.4, 0.5) is 0 Å². The Balaban J connectivity index is 0.000000120. The fourth-order valence-electron chi connectivity index (χ4n) is 12.9. The quantitative estimate of drug-likeness (QED) is 0.156. The summed E-state index contributed by atoms with van der Waals surface area (Å²) in [6.45, 7) is 6.93. The van der Waals surface area contributed by atoms with Gasteiger partial charge in [-0.2, -0.15) is 0 Å². The molecule has 0 spiro atoms. The fraction of sp³-hybridized carbons (Fsp3) is 0.203. The van der Waals surface area contributed by atoms with Gasteiger partial charge in [-0.3, -0.25) is 0 Å². The van der Waals surface area contributed by atoms with E-state index < -0.39 is 25.0 Å². The molecule has 0 radical (unpaired) electrons. The molecule has 85 heavy (non-hydrogen) atoms. The molecule has 0 saturated heterocycles. The van der Waals surface area contributed by atoms with Crippen molar-refractivity contribution in [3.8, 4) is 33.8 Å². The Labute approximate surface area is 506 Å². The van der Waals surface area contributed by atoms with E-state index in [4.69, 9.17) is 22.8 Å². The zero-order valence-corrected chi connectivity index (χ0v) is 49.4. The third-order valence-corrected chi connectivity index (χ3v) is 17.7. The topological polar surface area (TPSA) is 51.1 Å². The van der Waals surface area contributed by atoms with Gasteiger partial charge in [-0.25, -0.2) is 13.7 Å². The average molecular weight is 1120 g/mol. The normalized spacial score (nSPS) is 15.5. The lowest BCUT2D eigenvalue weighted by Crippen LogP contribution is -2.31. The summed E-state index contributed by atoms with van der Waals surface area (Å²) in [6, 6.07) is 62.4. The molecule has 15 aromatic rings. The molecule has 9 aromatic carbocycles. The second-order valence-corrected chi connectivity index (χ2v) is 23.3. The van der Waals surface area contributed by atoms with Gasteiger partial charge in [-0.05, 0) is 190 Å². The Morgan fingerprint density at radius 3 is 1.22 bits per heavy atom. The molecule has 6 heteroatoms. The third kappa shape index (κ3) is 9.87. The van der Waals surface area contributed by atoms with Crippen LogP contribution in [-0.2, 0) is 27.5 Å². The van der Waals surface area contributed by atoms with E-state index in [1.165, 1.54) is 45.0 Å². The van der Waals surface area contributed by atoms with E-state index in [0.29, 0.717) is 11.1 Å². The Bertz CT molecular complexity index is 5470. The molecule has 418 valence electrons. The average Bonchev–Trinajstić information content (AvgIpc) is 1.55. The van der Waals surface area contributed by atoms with Gasteiger partial charge in [0, 0.05) is 78.3 Å². The molecule has 6 heterocycles. The largest absolute Gasteiger partial charge is 0.456 e. The van der Waals surface area contributed by atoms with Crippen molar-refractivity contribution in [3.63, 3.8) is 0 Å². The number of aromatic nitrogens is 3. The minimum absolute atomic E-state index is 0.444. The van der Waals surface area contributed by atoms with Crippen molar-refractivity contribution in [3.05, 3.63) is 234 Å². The summed E-state index contributed by atoms with van der Waals surface area (Å²) >= 11 is 0. The van der Waals surface area contributed by atoms with Gasteiger partial charge in [0.15, 0.2) is 18.6 Å². The van der Waals surface area contributed by atoms with Crippen molar-refractivity contribution in [2.45, 2.75) is 85.3 Å². The summed E-state index contributed by atoms with van der Waals surface area (Å²) in [6.07, 6.45) is 8.66. The van der Waals surface area contributed by atoms with Gasteiger partial charge in [0.25, 0.3) is 0 Å². The zero-order chi connectivity index (χ0) is 64.3. The first-order valence-corrected chi connectivity index (χ1v) is 29.5. The molecular formula is C79H72N3O3+3. The summed E-state index contributed by atoms with van der Waals surface area (Å²) < 4.78 is 81.9. The summed E-state index contributed by atoms with van der Waals surface area (Å²) in [5.41, 5.74) is 17.0. The summed E-state index contributed by atoms with van der Waals surface area (Å²) in [4.78, 5) is 0. The molecule has 6 aromatic heterocycles. The van der Waals surface area contributed by atoms with Crippen LogP contribution >= 0.6 is 0 Å². The van der Waals surface area contributed by atoms with Gasteiger partial charge in [-0.1, -0.05) is 106 Å². The Hall–Kier alpha value is -9.39. The first kappa shape index (κ1) is 46.0. The lowest BCUT2D eigenvalue weighted by molar-refractivity contribution is -0.660. The van der Waals surface area contributed by atoms with E-state index in [9.17, 15) is 0 Å². The number of furan rings is 3. The van der Waals surface area contributed by atoms with E-state index in [1.807, 2.05) is 85.0 Å². The molecule has 1 saturated carbocycles. The van der Waals surface area contributed by atoms with Crippen LogP contribution < -0.4 is 13.7 Å². The van der Waals surface area contributed by atoms with E-state index in [-0.39, 0.29) is 0 Å². The molecule has 16 rings (SSSR count). The van der Waals surface area contributed by atoms with Gasteiger partial charge in [0.1, 0.15) is 54.6 Å². The number of benzene rings is 9. The van der Waals surface area contributed by atoms with Crippen LogP contribution in [0.25, 0.3) is 132 Å². The van der Waals surface area contributed by atoms with Crippen molar-refractivity contribution in [2.24, 2.45) is 21.1 Å². The number of rotatable bonds is 6. The number of hydrogen-bond acceptors (Lipinski definition) is 3. The summed E-state index contributed by atoms with van der Waals surface area (Å²) in [5, 5.41) is 13.8. The van der Waals surface area contributed by atoms with Crippen molar-refractivity contribution in [2.75, 3.05) is 0 Å². The first-order valence-electron chi connectivity index (χ1n) is 33.0. The zero-order valence-electron chi connectivity index (χ0n) is 56.4. The van der Waals surface area contributed by atoms with Crippen LogP contribution in [0.2, 0.25) is 0 Å². The minimum Gasteiger partial charge on any atom is -0.456 e. The highest BCUT2D eigenvalue weighted by Gasteiger charge is 2.24. The number of hydrogen-bond donors (Lipinski definition) is 0. The maximum absolute atomic E-state index is 8.95. The summed E-state index contributed by atoms with van der Waals surface area (Å²) in [7, 11) is 5.99. The standard InChI is InChI=1S/C28H26NO.C26H24NO.C25H22NO/c1-18-13-24-25-14-20-9-5-6-10-21(20)16-27(25)30-28(24)17-23(18)26-15-22(11-12-29(26)2)19-7-3-4-8-19;1-16(2)18-9-10-27(4)24(13-18)21-15-26-22(11-17(21)3)23-12-19-7-5-6-8-20(19)14-25(23)28-26;1-4-17-9-10-26(3)23(12-17)20-15-25-21(11-16(20)2)22-13-18-7-5-6-8-19(18)14-24(22)27-25/h5-6,9-17,19H,3-4,7-8H2,1-2H3;5-16H,1-4H3;5-15H,4H2,1-3H3/q3*+1/i19D;1D3,16D;4D2. The molecule has 0 N–H and O–H groups in total. The van der Waals surface area contributed by atoms with E-state index in [0.717, 1.165) is 142 Å². The van der Waals surface area contributed by atoms with Crippen LogP contribution in [0.3, 0.4) is 0 Å². The van der Waals surface area contributed by atoms with Gasteiger partial charge >= 0.3 is 0 Å². The number of pyridine rings is 3. The molecule has 1 fully saturated rings. The lowest BCUT2D eigenvalue weighted by Gasteiger charge is -2.11. The van der Waals surface area contributed by atoms with E-state index in [1.54, 1.807) is 13.0 Å². The Morgan fingerprint density at radius 2 is 0.812 bits per heavy atom. The van der Waals surface area contributed by atoms with Crippen LogP contribution in [0.1, 0.15) is 101 Å². The van der Waals surface area contributed by atoms with Crippen molar-refractivity contribution in [1.29, 1.82) is 0 Å². The number of nitrogens with zero attached hydrogens (tertiary/aromatic N) is 3. The molecule has 0 bridgehead atoms. The molecule has 1 aliphatic rings. The predicted molar refractivity (Wildman–Crippen MR) is 352 cm³/mol. The van der Waals surface area contributed by atoms with Crippen molar-refractivity contribution >= 4 is 98.1 Å². The maximum Gasteiger partial charge on any atom is 0.212 e. The van der Waals surface area contributed by atoms with Gasteiger partial charge in [0.05, 0.1) is 16.7 Å². The fourth-order valence-corrected chi connectivity index (χ4v) is 12.9. The van der Waals surface area contributed by atoms with Crippen molar-refractivity contribution < 1.29 is 36.5 Å². The molecule has 1 atom stereocenters. The maximum atomic E-state index is 8.95. The van der Waals surface area contributed by atoms with Crippen LogP contribution in [-0.4, -0.2) is 0 Å². The van der Waals surface area contributed by atoms with Crippen LogP contribution in [0.15, 0.2) is 214 Å². The molecule has 0 amide bonds. The van der Waals surface area contributed by atoms with Gasteiger partial charge in [-0.15, -0.1) is 0 Å². The van der Waals surface area contributed by atoms with Gasteiger partial charge < -0.3 is 13.3 Å². The molecule has 6 nitrogen and oxygen atoms in total. The predicted octanol–water partition coefficient (Wildman–Crippen LogP) is 20.0. The first-order chi connectivity index (χ1) is 43.9. The summed E-state index contributed by atoms with van der Waals surface area (Å²) in [5.74, 6) is -2.14. The van der Waals surface area contributed by atoms with E-state index in [2.05, 4.69) is 165 Å². The molecule has 0 aliphatic heterocycles. The third-order valence-electron chi connectivity index (χ3n) is 17.7. The van der Waals surface area contributed by atoms with Crippen LogP contribution in [0, 0.1) is 20.8 Å². The number of aryl methyl sites for hydroxylation is 7. The van der Waals surface area contributed by atoms with Crippen LogP contribution in [0.5, 0.6) is 0 Å². The number of fused-ring (bicyclic) bond motifs is 12. The molecular weight excluding hydrogens is 1040 g/mol. The smallest absolute Gasteiger partial charge is 0.212 e. The van der Waals surface area contributed by atoms with E-state index >= 15 is 0 Å². The Morgan fingerprint density at radius 1 is 0.459 bits per heavy atom. The van der Waals surface area contributed by atoms with Crippen molar-refractivity contribution in [1.82, 2.24) is 0 Å². The van der Waals surface area contributed by atoms with Gasteiger partial charge in [0.2, 0.25) is 17.1 Å². The monoisotopic (exact) mass is 1120 g/mol. The highest BCUT2D eigenvalue weighted by Crippen LogP contribution is 2.41. The molecule has 1 unspecified atom stereocenters. The lowest BCUT2D eigenvalue weighted by atomic mass is 9.95. The minimum atomic E-state index is -2.43. The second kappa shape index (κ2) is 21.7. The highest BCUT2D eigenvalue weighted by atomic mass is 16.3. The highest BCUT2D eigenvalue weighted by molar-refractivity contribution is 6.13. The molecule has 1 aliphatic carbocycles. The Kier molecular flexibility index (Phi) is 11.7.